The van der Waals surface area contributed by atoms with Crippen molar-refractivity contribution in [1.29, 1.82) is 0 Å². The molecule has 6 aromatic carbocycles. The number of fused-ring (bicyclic) bond motifs is 1. The summed E-state index contributed by atoms with van der Waals surface area (Å²) in [6, 6.07) is 37.9. The second-order valence-electron chi connectivity index (χ2n) is 17.5. The highest BCUT2D eigenvalue weighted by atomic mass is 16.3. The van der Waals surface area contributed by atoms with Gasteiger partial charge in [0.05, 0.1) is 28.0 Å². The SMILES string of the molecule is [2H]C([2H])([2H])c1ccc(-c2ccnc(-c3cc(-c4cccc5c4nc(-c4cc(C)cc(C)c4O)n5-c4ccc(-c5cc(C([2H])(C)C)cc(C([2H])(C)C)c5)cc4C([2H])([2H])[2H])cc(C(C)(C)C)c3)c2)cc1. The van der Waals surface area contributed by atoms with Crippen LogP contribution in [0.15, 0.2) is 128 Å². The molecule has 8 rings (SSSR count). The third kappa shape index (κ3) is 7.79. The molecule has 0 amide bonds. The van der Waals surface area contributed by atoms with Crippen molar-refractivity contribution >= 4 is 11.0 Å². The van der Waals surface area contributed by atoms with Crippen LogP contribution in [-0.2, 0) is 5.41 Å². The number of aromatic hydroxyl groups is 1. The van der Waals surface area contributed by atoms with E-state index in [2.05, 4.69) is 39.0 Å². The van der Waals surface area contributed by atoms with Crippen LogP contribution in [0, 0.1) is 27.6 Å². The number of phenolic OH excluding ortho intramolecular Hbond substituents is 1. The van der Waals surface area contributed by atoms with E-state index in [1.54, 1.807) is 58.2 Å². The van der Waals surface area contributed by atoms with E-state index in [1.165, 1.54) is 0 Å². The molecule has 0 spiro atoms. The number of imidazole rings is 1. The molecule has 1 N–H and O–H groups in total. The number of aryl methyl sites for hydroxylation is 4. The molecule has 2 heterocycles. The molecule has 0 aliphatic rings. The van der Waals surface area contributed by atoms with Crippen molar-refractivity contribution in [2.45, 2.75) is 93.2 Å². The summed E-state index contributed by atoms with van der Waals surface area (Å²) < 4.78 is 70.0. The van der Waals surface area contributed by atoms with E-state index in [9.17, 15) is 5.11 Å². The molecule has 302 valence electrons. The third-order valence-corrected chi connectivity index (χ3v) is 11.4. The predicted molar refractivity (Wildman–Crippen MR) is 254 cm³/mol. The number of hydrogen-bond acceptors (Lipinski definition) is 3. The molecule has 60 heavy (non-hydrogen) atoms. The van der Waals surface area contributed by atoms with Crippen molar-refractivity contribution in [2.24, 2.45) is 0 Å². The molecule has 8 aromatic rings. The zero-order chi connectivity index (χ0) is 49.5. The lowest BCUT2D eigenvalue weighted by molar-refractivity contribution is 0.472. The van der Waals surface area contributed by atoms with Crippen molar-refractivity contribution in [3.63, 3.8) is 0 Å². The van der Waals surface area contributed by atoms with Crippen LogP contribution in [0.5, 0.6) is 5.75 Å². The van der Waals surface area contributed by atoms with Crippen LogP contribution in [-0.4, -0.2) is 19.6 Å². The van der Waals surface area contributed by atoms with E-state index in [0.717, 1.165) is 55.8 Å². The van der Waals surface area contributed by atoms with Gasteiger partial charge in [-0.15, -0.1) is 0 Å². The fourth-order valence-electron chi connectivity index (χ4n) is 7.96. The molecule has 0 saturated carbocycles. The van der Waals surface area contributed by atoms with Crippen molar-refractivity contribution in [1.82, 2.24) is 14.5 Å². The fourth-order valence-corrected chi connectivity index (χ4v) is 7.96. The van der Waals surface area contributed by atoms with Gasteiger partial charge in [0, 0.05) is 28.3 Å². The molecule has 0 saturated heterocycles. The van der Waals surface area contributed by atoms with Crippen LogP contribution in [0.25, 0.3) is 72.7 Å². The number of aromatic nitrogens is 3. The Balaban J connectivity index is 1.37. The largest absolute Gasteiger partial charge is 0.507 e. The lowest BCUT2D eigenvalue weighted by Crippen LogP contribution is -2.11. The molecule has 0 unspecified atom stereocenters. The Morgan fingerprint density at radius 2 is 1.32 bits per heavy atom. The minimum atomic E-state index is -2.60. The highest BCUT2D eigenvalue weighted by molar-refractivity contribution is 5.97. The summed E-state index contributed by atoms with van der Waals surface area (Å²) in [5.41, 5.74) is 12.5. The van der Waals surface area contributed by atoms with E-state index in [4.69, 9.17) is 20.9 Å². The van der Waals surface area contributed by atoms with Gasteiger partial charge in [-0.3, -0.25) is 9.55 Å². The van der Waals surface area contributed by atoms with Crippen LogP contribution in [0.3, 0.4) is 0 Å². The average molecular weight is 796 g/mol. The summed E-state index contributed by atoms with van der Waals surface area (Å²) in [6.45, 7) is 12.6. The Hall–Kier alpha value is -6.26. The summed E-state index contributed by atoms with van der Waals surface area (Å²) >= 11 is 0. The first-order valence-electron chi connectivity index (χ1n) is 24.4. The van der Waals surface area contributed by atoms with Crippen molar-refractivity contribution in [3.8, 4) is 67.5 Å². The Bertz CT molecular complexity index is 3200. The number of pyridine rings is 1. The summed E-state index contributed by atoms with van der Waals surface area (Å²) in [5.74, 6) is -1.53. The zero-order valence-electron chi connectivity index (χ0n) is 43.9. The van der Waals surface area contributed by atoms with E-state index in [-0.39, 0.29) is 22.3 Å². The first-order valence-corrected chi connectivity index (χ1v) is 20.4. The Kier molecular flexibility index (Phi) is 8.29. The van der Waals surface area contributed by atoms with Crippen LogP contribution in [0.2, 0.25) is 0 Å². The summed E-state index contributed by atoms with van der Waals surface area (Å²) in [7, 11) is 0. The van der Waals surface area contributed by atoms with Crippen LogP contribution < -0.4 is 0 Å². The molecule has 0 radical (unpaired) electrons. The first kappa shape index (κ1) is 31.6. The Morgan fingerprint density at radius 1 is 0.617 bits per heavy atom. The molecular formula is C56H57N3O. The van der Waals surface area contributed by atoms with Crippen molar-refractivity contribution in [3.05, 3.63) is 166 Å². The molecule has 0 fully saturated rings. The molecule has 0 atom stereocenters. The van der Waals surface area contributed by atoms with Gasteiger partial charge in [0.1, 0.15) is 11.6 Å². The van der Waals surface area contributed by atoms with Crippen LogP contribution in [0.4, 0.5) is 0 Å². The van der Waals surface area contributed by atoms with Crippen LogP contribution >= 0.6 is 0 Å². The Morgan fingerprint density at radius 3 is 2.00 bits per heavy atom. The van der Waals surface area contributed by atoms with Gasteiger partial charge in [0.15, 0.2) is 0 Å². The normalized spacial score (nSPS) is 14.7. The predicted octanol–water partition coefficient (Wildman–Crippen LogP) is 15.2. The van der Waals surface area contributed by atoms with E-state index >= 15 is 0 Å². The van der Waals surface area contributed by atoms with Gasteiger partial charge in [0.2, 0.25) is 0 Å². The number of rotatable bonds is 8. The van der Waals surface area contributed by atoms with Gasteiger partial charge in [-0.25, -0.2) is 4.98 Å². The third-order valence-electron chi connectivity index (χ3n) is 11.4. The van der Waals surface area contributed by atoms with E-state index in [1.807, 2.05) is 97.3 Å². The maximum Gasteiger partial charge on any atom is 0.149 e. The molecule has 2 aromatic heterocycles. The maximum atomic E-state index is 11.8. The Labute approximate surface area is 367 Å². The van der Waals surface area contributed by atoms with Gasteiger partial charge in [-0.2, -0.15) is 0 Å². The summed E-state index contributed by atoms with van der Waals surface area (Å²) in [4.78, 5) is 10.2. The fraction of sp³-hybridized carbons (Fsp3) is 0.250. The van der Waals surface area contributed by atoms with Gasteiger partial charge in [-0.05, 0) is 154 Å². The topological polar surface area (TPSA) is 50.9 Å². The first-order chi connectivity index (χ1) is 31.6. The average Bonchev–Trinajstić information content (AvgIpc) is 3.65. The highest BCUT2D eigenvalue weighted by Gasteiger charge is 2.24. The minimum absolute atomic E-state index is 0.0390. The van der Waals surface area contributed by atoms with E-state index < -0.39 is 25.5 Å². The monoisotopic (exact) mass is 796 g/mol. The molecule has 0 bridgehead atoms. The smallest absolute Gasteiger partial charge is 0.149 e. The number of para-hydroxylation sites is 1. The van der Waals surface area contributed by atoms with E-state index in [0.29, 0.717) is 44.8 Å². The number of benzene rings is 6. The van der Waals surface area contributed by atoms with Gasteiger partial charge < -0.3 is 5.11 Å². The quantitative estimate of drug-likeness (QED) is 0.167. The zero-order valence-corrected chi connectivity index (χ0v) is 35.9. The maximum absolute atomic E-state index is 11.8. The van der Waals surface area contributed by atoms with Crippen molar-refractivity contribution < 1.29 is 16.1 Å². The van der Waals surface area contributed by atoms with Gasteiger partial charge in [-0.1, -0.05) is 127 Å². The van der Waals surface area contributed by atoms with Gasteiger partial charge >= 0.3 is 0 Å². The highest BCUT2D eigenvalue weighted by Crippen LogP contribution is 2.42. The lowest BCUT2D eigenvalue weighted by Gasteiger charge is -2.22. The molecule has 4 heteroatoms. The summed E-state index contributed by atoms with van der Waals surface area (Å²) in [6.07, 6.45) is 1.76. The number of nitrogens with zero attached hydrogens (tertiary/aromatic N) is 3. The minimum Gasteiger partial charge on any atom is -0.507 e. The molecule has 0 aliphatic carbocycles. The molecule has 4 nitrogen and oxygen atoms in total. The van der Waals surface area contributed by atoms with Crippen LogP contribution in [0.1, 0.15) is 110 Å². The number of hydrogen-bond donors (Lipinski definition) is 1. The second kappa shape index (κ2) is 15.7. The standard InChI is InChI=1S/C56H57N3O/c1-33(2)42-26-43(34(3)4)28-44(27-42)40-19-20-51(37(7)25-40)59-52-14-12-13-48(53(52)58-55(59)49-24-36(6)23-38(8)54(49)60)45-29-46(31-47(30-45)56(9,10)11)50-32-41(21-22-57-50)39-17-15-35(5)16-18-39/h12-34,60H,1-11H3/i5D3,7D3,33D,34D. The lowest BCUT2D eigenvalue weighted by atomic mass is 9.83. The van der Waals surface area contributed by atoms with Crippen molar-refractivity contribution in [2.75, 3.05) is 0 Å². The molecule has 0 aliphatic heterocycles. The molecular weight excluding hydrogens is 731 g/mol. The second-order valence-corrected chi connectivity index (χ2v) is 17.5. The van der Waals surface area contributed by atoms with Gasteiger partial charge in [0.25, 0.3) is 0 Å². The number of phenols is 1. The summed E-state index contributed by atoms with van der Waals surface area (Å²) in [5, 5.41) is 11.8.